The number of carbonyl (C=O) groups is 3. The summed E-state index contributed by atoms with van der Waals surface area (Å²) in [5, 5.41) is 3.29. The van der Waals surface area contributed by atoms with Crippen molar-refractivity contribution in [3.8, 4) is 0 Å². The first-order valence-corrected chi connectivity index (χ1v) is 13.1. The van der Waals surface area contributed by atoms with Crippen LogP contribution in [0.25, 0.3) is 0 Å². The molecule has 6 rings (SSSR count). The van der Waals surface area contributed by atoms with E-state index in [1.165, 1.54) is 0 Å². The van der Waals surface area contributed by atoms with E-state index >= 15 is 0 Å². The van der Waals surface area contributed by atoms with Crippen LogP contribution in [0.3, 0.4) is 0 Å². The van der Waals surface area contributed by atoms with Gasteiger partial charge in [0.25, 0.3) is 0 Å². The molecule has 2 unspecified atom stereocenters. The third kappa shape index (κ3) is 6.17. The van der Waals surface area contributed by atoms with Crippen LogP contribution < -0.4 is 20.9 Å². The topological polar surface area (TPSA) is 81.8 Å². The molecule has 0 saturated carbocycles. The number of rotatable bonds is 4. The molecule has 2 aliphatic rings. The lowest BCUT2D eigenvalue weighted by Gasteiger charge is -2.26. The minimum atomic E-state index is -0.339. The Labute approximate surface area is 235 Å². The smallest absolute Gasteiger partial charge is 0.243 e. The van der Waals surface area contributed by atoms with Crippen LogP contribution in [-0.4, -0.2) is 18.6 Å². The fourth-order valence-electron chi connectivity index (χ4n) is 4.98. The molecule has 0 spiro atoms. The van der Waals surface area contributed by atoms with Gasteiger partial charge >= 0.3 is 0 Å². The van der Waals surface area contributed by atoms with Crippen molar-refractivity contribution in [2.24, 2.45) is 0 Å². The summed E-state index contributed by atoms with van der Waals surface area (Å²) in [7, 11) is 0. The summed E-state index contributed by atoms with van der Waals surface area (Å²) in [4.78, 5) is 32.5. The van der Waals surface area contributed by atoms with E-state index in [1.54, 1.807) is 10.0 Å². The molecule has 40 heavy (non-hydrogen) atoms. The van der Waals surface area contributed by atoms with Crippen molar-refractivity contribution < 1.29 is 14.4 Å². The largest absolute Gasteiger partial charge is 0.307 e. The normalized spacial score (nSPS) is 21.8. The fraction of sp³-hybridized carbons (Fsp3) is 0.182. The first kappa shape index (κ1) is 28.4. The molecule has 2 aliphatic heterocycles. The van der Waals surface area contributed by atoms with Crippen molar-refractivity contribution in [3.63, 3.8) is 0 Å². The number of carbonyl (C=O) groups excluding carboxylic acids is 3. The van der Waals surface area contributed by atoms with Gasteiger partial charge in [-0.15, -0.1) is 0 Å². The summed E-state index contributed by atoms with van der Waals surface area (Å²) in [5.41, 5.74) is 10.0. The van der Waals surface area contributed by atoms with E-state index in [4.69, 9.17) is 4.79 Å². The Morgan fingerprint density at radius 2 is 0.800 bits per heavy atom. The molecule has 0 bridgehead atoms. The van der Waals surface area contributed by atoms with Crippen LogP contribution in [0, 0.1) is 0 Å². The van der Waals surface area contributed by atoms with Gasteiger partial charge in [-0.1, -0.05) is 97.1 Å². The highest BCUT2D eigenvalue weighted by Gasteiger charge is 2.41. The predicted octanol–water partition coefficient (Wildman–Crippen LogP) is 5.50. The predicted molar refractivity (Wildman–Crippen MR) is 158 cm³/mol. The van der Waals surface area contributed by atoms with Crippen LogP contribution in [0.15, 0.2) is 121 Å². The van der Waals surface area contributed by atoms with Crippen molar-refractivity contribution in [1.82, 2.24) is 10.9 Å². The molecular formula is C33H34N4O3. The third-order valence-electron chi connectivity index (χ3n) is 7.08. The first-order chi connectivity index (χ1) is 19.4. The molecule has 7 heteroatoms. The van der Waals surface area contributed by atoms with Crippen molar-refractivity contribution in [1.29, 1.82) is 0 Å². The van der Waals surface area contributed by atoms with Crippen LogP contribution in [0.5, 0.6) is 0 Å². The number of nitrogens with one attached hydrogen (secondary N) is 2. The molecule has 7 nitrogen and oxygen atoms in total. The Kier molecular flexibility index (Phi) is 8.89. The quantitative estimate of drug-likeness (QED) is 0.361. The molecule has 4 aromatic carbocycles. The van der Waals surface area contributed by atoms with E-state index in [1.807, 2.05) is 104 Å². The van der Waals surface area contributed by atoms with Gasteiger partial charge in [-0.25, -0.2) is 20.9 Å². The SMILES string of the molecule is C=O.CC1(c2ccccc2)CC(=O)N(c2ccccc2)N1.CC1(c2ccccc2)CC(=O)N(c2ccccc2)N1. The molecule has 2 N–H and O–H groups in total. The Hall–Kier alpha value is -4.59. The second-order valence-electron chi connectivity index (χ2n) is 10.1. The standard InChI is InChI=1S/2C16H16N2O.CH2O/c2*1-16(13-8-4-2-5-9-13)12-15(19)18(17-16)14-10-6-3-7-11-14;1-2/h2*2-11,17H,12H2,1H3;1H2. The molecule has 2 fully saturated rings. The monoisotopic (exact) mass is 534 g/mol. The maximum atomic E-state index is 12.2. The number of benzene rings is 4. The van der Waals surface area contributed by atoms with Crippen LogP contribution in [-0.2, 0) is 25.5 Å². The molecule has 2 heterocycles. The lowest BCUT2D eigenvalue weighted by atomic mass is 9.90. The number of amides is 2. The molecular weight excluding hydrogens is 500 g/mol. The van der Waals surface area contributed by atoms with Gasteiger partial charge in [0.05, 0.1) is 35.3 Å². The van der Waals surface area contributed by atoms with Crippen LogP contribution in [0.4, 0.5) is 11.4 Å². The van der Waals surface area contributed by atoms with E-state index in [0.717, 1.165) is 22.5 Å². The molecule has 0 radical (unpaired) electrons. The summed E-state index contributed by atoms with van der Waals surface area (Å²) in [6.07, 6.45) is 0.928. The number of anilines is 2. The van der Waals surface area contributed by atoms with Gasteiger partial charge < -0.3 is 4.79 Å². The molecule has 204 valence electrons. The number of para-hydroxylation sites is 2. The van der Waals surface area contributed by atoms with Crippen LogP contribution in [0.2, 0.25) is 0 Å². The molecule has 2 saturated heterocycles. The van der Waals surface area contributed by atoms with E-state index in [2.05, 4.69) is 49.0 Å². The van der Waals surface area contributed by atoms with Crippen molar-refractivity contribution >= 4 is 30.0 Å². The lowest BCUT2D eigenvalue weighted by Crippen LogP contribution is -2.42. The Bertz CT molecular complexity index is 1290. The fourth-order valence-corrected chi connectivity index (χ4v) is 4.98. The van der Waals surface area contributed by atoms with E-state index in [0.29, 0.717) is 12.8 Å². The highest BCUT2D eigenvalue weighted by molar-refractivity contribution is 5.96. The summed E-state index contributed by atoms with van der Waals surface area (Å²) in [5.74, 6) is 0.190. The second kappa shape index (κ2) is 12.5. The maximum absolute atomic E-state index is 12.2. The summed E-state index contributed by atoms with van der Waals surface area (Å²) in [6, 6.07) is 39.5. The van der Waals surface area contributed by atoms with Gasteiger partial charge in [0.15, 0.2) is 0 Å². The van der Waals surface area contributed by atoms with Gasteiger partial charge in [-0.05, 0) is 49.2 Å². The Balaban J connectivity index is 0.000000174. The van der Waals surface area contributed by atoms with Crippen LogP contribution >= 0.6 is 0 Å². The molecule has 2 atom stereocenters. The summed E-state index contributed by atoms with van der Waals surface area (Å²) >= 11 is 0. The number of nitrogens with zero attached hydrogens (tertiary/aromatic N) is 2. The van der Waals surface area contributed by atoms with Gasteiger partial charge in [0.1, 0.15) is 6.79 Å². The summed E-state index contributed by atoms with van der Waals surface area (Å²) in [6.45, 7) is 6.12. The Morgan fingerprint density at radius 1 is 0.525 bits per heavy atom. The maximum Gasteiger partial charge on any atom is 0.243 e. The van der Waals surface area contributed by atoms with Gasteiger partial charge in [0.2, 0.25) is 11.8 Å². The Morgan fingerprint density at radius 3 is 1.10 bits per heavy atom. The minimum absolute atomic E-state index is 0.0950. The zero-order valence-electron chi connectivity index (χ0n) is 22.8. The molecule has 2 amide bonds. The summed E-state index contributed by atoms with van der Waals surface area (Å²) < 4.78 is 0. The number of hydrazine groups is 2. The average molecular weight is 535 g/mol. The van der Waals surface area contributed by atoms with Crippen molar-refractivity contribution in [2.75, 3.05) is 10.0 Å². The number of hydrogen-bond donors (Lipinski definition) is 2. The third-order valence-corrected chi connectivity index (χ3v) is 7.08. The number of hydrogen-bond acceptors (Lipinski definition) is 5. The van der Waals surface area contributed by atoms with Gasteiger partial charge in [0, 0.05) is 0 Å². The highest BCUT2D eigenvalue weighted by Crippen LogP contribution is 2.34. The average Bonchev–Trinajstić information content (AvgIpc) is 3.51. The van der Waals surface area contributed by atoms with Crippen LogP contribution in [0.1, 0.15) is 37.8 Å². The van der Waals surface area contributed by atoms with E-state index < -0.39 is 0 Å². The zero-order valence-corrected chi connectivity index (χ0v) is 22.8. The minimum Gasteiger partial charge on any atom is -0.307 e. The van der Waals surface area contributed by atoms with Crippen molar-refractivity contribution in [3.05, 3.63) is 132 Å². The second-order valence-corrected chi connectivity index (χ2v) is 10.1. The first-order valence-electron chi connectivity index (χ1n) is 13.1. The van der Waals surface area contributed by atoms with Gasteiger partial charge in [-0.3, -0.25) is 9.59 Å². The zero-order chi connectivity index (χ0) is 28.6. The lowest BCUT2D eigenvalue weighted by molar-refractivity contribution is -0.118. The van der Waals surface area contributed by atoms with E-state index in [9.17, 15) is 9.59 Å². The van der Waals surface area contributed by atoms with Crippen molar-refractivity contribution in [2.45, 2.75) is 37.8 Å². The van der Waals surface area contributed by atoms with E-state index in [-0.39, 0.29) is 22.9 Å². The molecule has 0 aromatic heterocycles. The van der Waals surface area contributed by atoms with Gasteiger partial charge in [-0.2, -0.15) is 0 Å². The molecule has 0 aliphatic carbocycles. The highest BCUT2D eigenvalue weighted by atomic mass is 16.2. The molecule has 4 aromatic rings.